The summed E-state index contributed by atoms with van der Waals surface area (Å²) in [7, 11) is 1.67. The molecule has 0 saturated heterocycles. The zero-order chi connectivity index (χ0) is 13.2. The van der Waals surface area contributed by atoms with Crippen molar-refractivity contribution in [3.8, 4) is 5.75 Å². The van der Waals surface area contributed by atoms with Crippen LogP contribution >= 0.6 is 11.8 Å². The van der Waals surface area contributed by atoms with Gasteiger partial charge >= 0.3 is 0 Å². The molecule has 3 rings (SSSR count). The first-order valence-electron chi connectivity index (χ1n) is 6.01. The maximum atomic E-state index is 5.15. The number of ether oxygens (including phenoxy) is 1. The Hall–Kier alpha value is -1.82. The van der Waals surface area contributed by atoms with Crippen LogP contribution in [-0.2, 0) is 6.42 Å². The lowest BCUT2D eigenvalue weighted by atomic mass is 10.1. The third-order valence-electron chi connectivity index (χ3n) is 2.88. The highest BCUT2D eigenvalue weighted by atomic mass is 32.2. The summed E-state index contributed by atoms with van der Waals surface area (Å²) in [5.74, 6) is 2.61. The smallest absolute Gasteiger partial charge is 0.212 e. The highest BCUT2D eigenvalue weighted by Crippen LogP contribution is 2.23. The lowest BCUT2D eigenvalue weighted by Crippen LogP contribution is -2.10. The number of nitrogens with zero attached hydrogens (tertiary/aromatic N) is 4. The molecular formula is C13H14N4OS. The first kappa shape index (κ1) is 12.2. The number of methoxy groups -OCH3 is 1. The standard InChI is InChI=1S/C13H14N4OS/c1-9-8-19-13-15-14-12(17(13)16-9)7-10-3-5-11(18-2)6-4-10/h3-6H,7-8H2,1-2H3. The molecule has 1 aromatic carbocycles. The molecule has 2 heterocycles. The van der Waals surface area contributed by atoms with Crippen molar-refractivity contribution in [1.29, 1.82) is 0 Å². The molecule has 0 N–H and O–H groups in total. The number of hydrogen-bond acceptors (Lipinski definition) is 5. The van der Waals surface area contributed by atoms with Crippen LogP contribution in [0.25, 0.3) is 0 Å². The minimum atomic E-state index is 0.717. The lowest BCUT2D eigenvalue weighted by molar-refractivity contribution is 0.414. The molecule has 6 heteroatoms. The largest absolute Gasteiger partial charge is 0.497 e. The van der Waals surface area contributed by atoms with Crippen molar-refractivity contribution in [2.45, 2.75) is 18.5 Å². The van der Waals surface area contributed by atoms with Gasteiger partial charge in [0.25, 0.3) is 0 Å². The van der Waals surface area contributed by atoms with Crippen LogP contribution in [0, 0.1) is 0 Å². The topological polar surface area (TPSA) is 52.3 Å². The lowest BCUT2D eigenvalue weighted by Gasteiger charge is -2.10. The molecule has 0 aliphatic carbocycles. The average molecular weight is 274 g/mol. The van der Waals surface area contributed by atoms with Crippen LogP contribution in [0.5, 0.6) is 5.75 Å². The van der Waals surface area contributed by atoms with Gasteiger partial charge in [-0.05, 0) is 24.6 Å². The molecule has 0 spiro atoms. The summed E-state index contributed by atoms with van der Waals surface area (Å²) >= 11 is 1.67. The Bertz CT molecular complexity index is 618. The highest BCUT2D eigenvalue weighted by Gasteiger charge is 2.16. The molecule has 5 nitrogen and oxygen atoms in total. The molecule has 0 fully saturated rings. The summed E-state index contributed by atoms with van der Waals surface area (Å²) in [6.45, 7) is 2.02. The second-order valence-electron chi connectivity index (χ2n) is 4.36. The Morgan fingerprint density at radius 3 is 2.79 bits per heavy atom. The summed E-state index contributed by atoms with van der Waals surface area (Å²) in [6, 6.07) is 7.97. The minimum absolute atomic E-state index is 0.717. The van der Waals surface area contributed by atoms with Gasteiger partial charge in [0.1, 0.15) is 5.75 Å². The molecule has 1 aromatic heterocycles. The van der Waals surface area contributed by atoms with Gasteiger partial charge in [0.15, 0.2) is 5.82 Å². The second kappa shape index (κ2) is 5.05. The fourth-order valence-corrected chi connectivity index (χ4v) is 2.65. The summed E-state index contributed by atoms with van der Waals surface area (Å²) in [5, 5.41) is 13.8. The Morgan fingerprint density at radius 1 is 1.26 bits per heavy atom. The molecule has 19 heavy (non-hydrogen) atoms. The van der Waals surface area contributed by atoms with Crippen LogP contribution in [0.3, 0.4) is 0 Å². The number of rotatable bonds is 3. The maximum Gasteiger partial charge on any atom is 0.212 e. The van der Waals surface area contributed by atoms with E-state index in [-0.39, 0.29) is 0 Å². The van der Waals surface area contributed by atoms with Crippen LogP contribution in [0.2, 0.25) is 0 Å². The summed E-state index contributed by atoms with van der Waals surface area (Å²) in [6.07, 6.45) is 0.717. The van der Waals surface area contributed by atoms with Gasteiger partial charge in [-0.25, -0.2) is 0 Å². The second-order valence-corrected chi connectivity index (χ2v) is 5.30. The SMILES string of the molecule is COc1ccc(Cc2nnc3n2N=C(C)CS3)cc1. The molecule has 0 saturated carbocycles. The van der Waals surface area contributed by atoms with Gasteiger partial charge in [0.2, 0.25) is 5.16 Å². The van der Waals surface area contributed by atoms with E-state index >= 15 is 0 Å². The monoisotopic (exact) mass is 274 g/mol. The van der Waals surface area contributed by atoms with Crippen LogP contribution in [0.1, 0.15) is 18.3 Å². The van der Waals surface area contributed by atoms with E-state index < -0.39 is 0 Å². The Morgan fingerprint density at radius 2 is 2.05 bits per heavy atom. The third-order valence-corrected chi connectivity index (χ3v) is 3.95. The molecule has 0 unspecified atom stereocenters. The van der Waals surface area contributed by atoms with Crippen LogP contribution in [0.4, 0.5) is 0 Å². The van der Waals surface area contributed by atoms with Crippen molar-refractivity contribution in [3.63, 3.8) is 0 Å². The summed E-state index contributed by atoms with van der Waals surface area (Å²) in [4.78, 5) is 0. The average Bonchev–Trinajstić information content (AvgIpc) is 2.82. The number of aromatic nitrogens is 3. The van der Waals surface area contributed by atoms with E-state index in [2.05, 4.69) is 15.3 Å². The van der Waals surface area contributed by atoms with E-state index in [1.54, 1.807) is 18.9 Å². The first-order valence-corrected chi connectivity index (χ1v) is 6.99. The summed E-state index contributed by atoms with van der Waals surface area (Å²) in [5.41, 5.74) is 2.26. The first-order chi connectivity index (χ1) is 9.26. The van der Waals surface area contributed by atoms with E-state index in [1.807, 2.05) is 35.9 Å². The zero-order valence-electron chi connectivity index (χ0n) is 10.8. The van der Waals surface area contributed by atoms with Gasteiger partial charge < -0.3 is 4.74 Å². The van der Waals surface area contributed by atoms with Gasteiger partial charge in [0.05, 0.1) is 7.11 Å². The molecule has 0 bridgehead atoms. The molecule has 98 valence electrons. The summed E-state index contributed by atoms with van der Waals surface area (Å²) < 4.78 is 6.99. The zero-order valence-corrected chi connectivity index (χ0v) is 11.6. The van der Waals surface area contributed by atoms with E-state index in [4.69, 9.17) is 4.74 Å². The normalized spacial score (nSPS) is 13.9. The predicted octanol–water partition coefficient (Wildman–Crippen LogP) is 2.21. The van der Waals surface area contributed by atoms with Gasteiger partial charge in [0, 0.05) is 17.9 Å². The molecule has 0 atom stereocenters. The van der Waals surface area contributed by atoms with Crippen molar-refractivity contribution in [2.75, 3.05) is 12.9 Å². The number of thioether (sulfide) groups is 1. The number of fused-ring (bicyclic) bond motifs is 1. The van der Waals surface area contributed by atoms with Gasteiger partial charge in [-0.2, -0.15) is 9.78 Å². The van der Waals surface area contributed by atoms with Crippen LogP contribution in [-0.4, -0.2) is 33.4 Å². The maximum absolute atomic E-state index is 5.15. The Labute approximate surface area is 115 Å². The fraction of sp³-hybridized carbons (Fsp3) is 0.308. The molecule has 0 amide bonds. The van der Waals surface area contributed by atoms with E-state index in [0.717, 1.165) is 28.2 Å². The van der Waals surface area contributed by atoms with Gasteiger partial charge in [-0.1, -0.05) is 23.9 Å². The van der Waals surface area contributed by atoms with Crippen molar-refractivity contribution in [2.24, 2.45) is 5.10 Å². The third kappa shape index (κ3) is 2.49. The van der Waals surface area contributed by atoms with E-state index in [1.165, 1.54) is 5.56 Å². The van der Waals surface area contributed by atoms with Crippen molar-refractivity contribution in [3.05, 3.63) is 35.7 Å². The van der Waals surface area contributed by atoms with Crippen molar-refractivity contribution >= 4 is 17.5 Å². The fourth-order valence-electron chi connectivity index (χ4n) is 1.89. The van der Waals surface area contributed by atoms with Crippen LogP contribution in [0.15, 0.2) is 34.5 Å². The van der Waals surface area contributed by atoms with E-state index in [0.29, 0.717) is 6.42 Å². The van der Waals surface area contributed by atoms with Gasteiger partial charge in [-0.15, -0.1) is 10.2 Å². The number of benzene rings is 1. The van der Waals surface area contributed by atoms with Crippen molar-refractivity contribution < 1.29 is 4.74 Å². The molecule has 2 aromatic rings. The van der Waals surface area contributed by atoms with Crippen molar-refractivity contribution in [1.82, 2.24) is 14.9 Å². The van der Waals surface area contributed by atoms with Crippen LogP contribution < -0.4 is 4.74 Å². The Kier molecular flexibility index (Phi) is 3.25. The highest BCUT2D eigenvalue weighted by molar-refractivity contribution is 7.99. The Balaban J connectivity index is 1.86. The quantitative estimate of drug-likeness (QED) is 0.861. The molecule has 0 radical (unpaired) electrons. The molecular weight excluding hydrogens is 260 g/mol. The number of hydrogen-bond donors (Lipinski definition) is 0. The molecule has 1 aliphatic heterocycles. The van der Waals surface area contributed by atoms with Gasteiger partial charge in [-0.3, -0.25) is 0 Å². The minimum Gasteiger partial charge on any atom is -0.497 e. The van der Waals surface area contributed by atoms with E-state index in [9.17, 15) is 0 Å². The molecule has 1 aliphatic rings. The predicted molar refractivity (Wildman–Crippen MR) is 75.1 cm³/mol.